The third-order valence-electron chi connectivity index (χ3n) is 16.6. The van der Waals surface area contributed by atoms with Gasteiger partial charge in [0.2, 0.25) is 11.8 Å². The first-order valence-corrected chi connectivity index (χ1v) is 37.4. The predicted octanol–water partition coefficient (Wildman–Crippen LogP) is -0.943. The van der Waals surface area contributed by atoms with Gasteiger partial charge in [0.15, 0.2) is 18.9 Å². The van der Waals surface area contributed by atoms with Crippen LogP contribution in [0.2, 0.25) is 0 Å². The van der Waals surface area contributed by atoms with Crippen molar-refractivity contribution in [1.29, 1.82) is 0 Å². The molecule has 0 spiro atoms. The summed E-state index contributed by atoms with van der Waals surface area (Å²) in [5, 5.41) is 17.6. The molecule has 27 heteroatoms. The van der Waals surface area contributed by atoms with Gasteiger partial charge in [-0.05, 0) is 57.8 Å². The molecule has 2 rings (SSSR count). The number of carbonyl (C=O) groups is 3. The van der Waals surface area contributed by atoms with Crippen molar-refractivity contribution in [1.82, 2.24) is 10.6 Å². The summed E-state index contributed by atoms with van der Waals surface area (Å²) in [5.41, 5.74) is 0. The van der Waals surface area contributed by atoms with E-state index in [4.69, 9.17) is 42.2 Å². The fourth-order valence-corrected chi connectivity index (χ4v) is 12.4. The van der Waals surface area contributed by atoms with Gasteiger partial charge in [0.25, 0.3) is 0 Å². The van der Waals surface area contributed by atoms with E-state index in [0.717, 1.165) is 154 Å². The molecule has 21 nitrogen and oxygen atoms in total. The minimum atomic E-state index is -5.90. The van der Waals surface area contributed by atoms with Crippen molar-refractivity contribution < 1.29 is 209 Å². The number of aliphatic hydroxyl groups is 1. The third kappa shape index (κ3) is 49.0. The zero-order chi connectivity index (χ0) is 64.7. The Balaban J connectivity index is -0.0000198. The van der Waals surface area contributed by atoms with Gasteiger partial charge in [0, 0.05) is 40.3 Å². The molecule has 2 amide bonds. The zero-order valence-electron chi connectivity index (χ0n) is 59.1. The minimum Gasteiger partial charge on any atom is -0.790 e. The molecule has 2 fully saturated rings. The van der Waals surface area contributed by atoms with E-state index < -0.39 is 102 Å². The smallest absolute Gasteiger partial charge is 0.790 e. The van der Waals surface area contributed by atoms with Crippen LogP contribution >= 0.6 is 15.6 Å². The summed E-state index contributed by atoms with van der Waals surface area (Å²) >= 11 is 0. The fraction of sp³-hybridized carbons (Fsp3) is 0.923. The van der Waals surface area contributed by atoms with Crippen LogP contribution in [-0.2, 0) is 65.7 Å². The first kappa shape index (κ1) is 98.4. The largest absolute Gasteiger partial charge is 1.00 e. The number of ketones is 1. The van der Waals surface area contributed by atoms with Crippen LogP contribution in [0.4, 0.5) is 0 Å². The van der Waals surface area contributed by atoms with Crippen molar-refractivity contribution >= 4 is 33.2 Å². The number of hydrogen-bond donors (Lipinski definition) is 3. The molecule has 0 aromatic rings. The minimum absolute atomic E-state index is 0. The zero-order valence-corrected chi connectivity index (χ0v) is 68.9. The Morgan fingerprint density at radius 1 is 0.478 bits per heavy atom. The summed E-state index contributed by atoms with van der Waals surface area (Å²) in [4.78, 5) is 90.5. The molecule has 92 heavy (non-hydrogen) atoms. The molecule has 2 aliphatic heterocycles. The Hall–Kier alpha value is 2.25. The van der Waals surface area contributed by atoms with Crippen LogP contribution in [0.25, 0.3) is 0 Å². The number of nitrogens with one attached hydrogen (secondary N) is 2. The topological polar surface area (TPSA) is 305 Å². The molecule has 0 unspecified atom stereocenters. The van der Waals surface area contributed by atoms with Gasteiger partial charge in [-0.25, -0.2) is 0 Å². The van der Waals surface area contributed by atoms with Gasteiger partial charge in [-0.2, -0.15) is 0 Å². The van der Waals surface area contributed by atoms with Gasteiger partial charge >= 0.3 is 118 Å². The van der Waals surface area contributed by atoms with Crippen molar-refractivity contribution in [3.63, 3.8) is 0 Å². The molecule has 0 bridgehead atoms. The summed E-state index contributed by atoms with van der Waals surface area (Å²) in [5.74, 6) is -1.66. The molecular formula is C65H120N2Na4O19P2. The van der Waals surface area contributed by atoms with Gasteiger partial charge in [0.05, 0.1) is 34.8 Å². The van der Waals surface area contributed by atoms with Crippen molar-refractivity contribution in [2.75, 3.05) is 34.0 Å². The first-order valence-electron chi connectivity index (χ1n) is 34.5. The van der Waals surface area contributed by atoms with Crippen LogP contribution in [0.1, 0.15) is 285 Å². The number of methoxy groups -OCH3 is 2. The Morgan fingerprint density at radius 3 is 1.41 bits per heavy atom. The van der Waals surface area contributed by atoms with Crippen molar-refractivity contribution in [3.05, 3.63) is 12.2 Å². The third-order valence-corrected chi connectivity index (χ3v) is 17.5. The molecule has 0 radical (unpaired) electrons. The monoisotopic (exact) mass is 1390 g/mol. The number of unbranched alkanes of at least 4 members (excludes halogenated alkanes) is 30. The second kappa shape index (κ2) is 63.0. The molecule has 2 saturated heterocycles. The molecule has 518 valence electrons. The van der Waals surface area contributed by atoms with Crippen LogP contribution in [0.3, 0.4) is 0 Å². The number of allylic oxidation sites excluding steroid dienone is 2. The Labute approximate surface area is 644 Å². The van der Waals surface area contributed by atoms with E-state index in [1.54, 1.807) is 7.11 Å². The van der Waals surface area contributed by atoms with E-state index in [0.29, 0.717) is 32.1 Å². The van der Waals surface area contributed by atoms with E-state index >= 15 is 0 Å². The molecular weight excluding hydrogens is 1270 g/mol. The van der Waals surface area contributed by atoms with Gasteiger partial charge in [0.1, 0.15) is 48.4 Å². The number of hydrogen-bond acceptors (Lipinski definition) is 19. The second-order valence-electron chi connectivity index (χ2n) is 24.4. The number of aliphatic hydroxyl groups excluding tert-OH is 1. The maximum atomic E-state index is 14.0. The maximum absolute atomic E-state index is 14.0. The maximum Gasteiger partial charge on any atom is 1.00 e. The Bertz CT molecular complexity index is 1900. The summed E-state index contributed by atoms with van der Waals surface area (Å²) in [6.45, 7) is 7.95. The van der Waals surface area contributed by atoms with Crippen LogP contribution in [-0.4, -0.2) is 124 Å². The molecule has 0 aromatic carbocycles. The molecule has 2 aliphatic rings. The quantitative estimate of drug-likeness (QED) is 0.0218. The second-order valence-corrected chi connectivity index (χ2v) is 26.6. The Kier molecular flexibility index (Phi) is 67.4. The van der Waals surface area contributed by atoms with Crippen LogP contribution in [0, 0.1) is 0 Å². The number of phosphoric ester groups is 2. The molecule has 2 heterocycles. The van der Waals surface area contributed by atoms with Crippen LogP contribution < -0.4 is 148 Å². The van der Waals surface area contributed by atoms with Gasteiger partial charge in [-0.1, -0.05) is 220 Å². The predicted molar refractivity (Wildman–Crippen MR) is 333 cm³/mol. The number of Topliss-reactive ketones (excluding diaryl/α,β-unsaturated/α-hetero) is 1. The Morgan fingerprint density at radius 2 is 0.913 bits per heavy atom. The number of amides is 2. The SMILES string of the molecule is CCCCCC/C=C\CCCCCCCCCC(=O)N[C@H]1[C@H](OC[C@H]2O[C@H](OP(=O)([O-])[O-])[C@H](NC(=O)CC(=O)CCCCCCCCCCC)[C@@H](OCCCCCCCCCC)[C@@H]2O)O[C@H](OC)[C@@H](OP(=O)([O-])[O-])[C@@H]1OCC[C@@H](CCCCCCC)OC.[Na+].[Na+].[Na+].[Na+]. The molecule has 0 aromatic heterocycles. The molecule has 3 N–H and O–H groups in total. The number of ether oxygens (including phenoxy) is 7. The average molecular weight is 1390 g/mol. The summed E-state index contributed by atoms with van der Waals surface area (Å²) < 4.78 is 77.4. The molecule has 0 saturated carbocycles. The van der Waals surface area contributed by atoms with Gasteiger partial charge in [-0.3, -0.25) is 14.4 Å². The summed E-state index contributed by atoms with van der Waals surface area (Å²) in [6, 6.07) is -3.03. The van der Waals surface area contributed by atoms with E-state index in [9.17, 15) is 48.2 Å². The van der Waals surface area contributed by atoms with Crippen LogP contribution in [0.5, 0.6) is 0 Å². The number of carbonyl (C=O) groups excluding carboxylic acids is 3. The van der Waals surface area contributed by atoms with Gasteiger partial charge in [-0.15, -0.1) is 0 Å². The van der Waals surface area contributed by atoms with E-state index in [2.05, 4.69) is 50.5 Å². The van der Waals surface area contributed by atoms with E-state index in [1.165, 1.54) is 58.5 Å². The van der Waals surface area contributed by atoms with Gasteiger partial charge < -0.3 is 86.6 Å². The summed E-state index contributed by atoms with van der Waals surface area (Å²) in [7, 11) is -8.94. The van der Waals surface area contributed by atoms with E-state index in [-0.39, 0.29) is 156 Å². The number of phosphoric acid groups is 2. The first-order chi connectivity index (χ1) is 42.4. The fourth-order valence-electron chi connectivity index (χ4n) is 11.5. The van der Waals surface area contributed by atoms with Crippen LogP contribution in [0.15, 0.2) is 12.2 Å². The van der Waals surface area contributed by atoms with E-state index in [1.807, 2.05) is 0 Å². The standard InChI is InChI=1S/C65H124N2O19P2.4Na/c1-7-11-15-19-22-25-26-27-28-29-30-32-34-38-42-46-55(69)66-58-61(81-49-47-53(78-5)45-41-36-18-14-10-4)62(85-87(72,73)74)65(79-6)84-63(58)82-51-54-59(71)60(80-48-43-39-35-24-21-17-13-9-3)57(64(83-54)86-88(75,76)77)67-56(70)50-52(68)44-40-37-33-31-23-20-16-12-8-2;;;;/h25-26,53-54,57-65,71H,7-24,27-51H2,1-6H3,(H,66,69)(H,67,70)(H2,72,73,74)(H2,75,76,77);;;;/q;4*+1/p-4/b26-25-;;;;/t53-,54-,57-,58-,59-,60-,61-,62+,63-,64-,65+;;;;/m1..../s1. The molecule has 11 atom stereocenters. The normalized spacial score (nSPS) is 22.0. The average Bonchev–Trinajstić information content (AvgIpc) is 1.14. The van der Waals surface area contributed by atoms with Crippen molar-refractivity contribution in [2.24, 2.45) is 0 Å². The van der Waals surface area contributed by atoms with Crippen molar-refractivity contribution in [2.45, 2.75) is 352 Å². The van der Waals surface area contributed by atoms with Crippen molar-refractivity contribution in [3.8, 4) is 0 Å². The number of rotatable bonds is 58. The molecule has 0 aliphatic carbocycles. The summed E-state index contributed by atoms with van der Waals surface area (Å²) in [6.07, 6.45) is 27.4.